The van der Waals surface area contributed by atoms with Gasteiger partial charge in [0.1, 0.15) is 17.1 Å². The number of hydrogen-bond donors (Lipinski definition) is 3. The first-order valence-corrected chi connectivity index (χ1v) is 15.7. The second-order valence-electron chi connectivity index (χ2n) is 10.9. The molecule has 2 fully saturated rings. The minimum absolute atomic E-state index is 0.0589. The highest BCUT2D eigenvalue weighted by Gasteiger charge is 2.38. The van der Waals surface area contributed by atoms with Gasteiger partial charge in [-0.25, -0.2) is 17.7 Å². The van der Waals surface area contributed by atoms with Gasteiger partial charge in [-0.3, -0.25) is 4.79 Å². The molecule has 1 saturated heterocycles. The first-order valence-electron chi connectivity index (χ1n) is 13.8. The largest absolute Gasteiger partial charge is 0.496 e. The van der Waals surface area contributed by atoms with E-state index < -0.39 is 39.7 Å². The lowest BCUT2D eigenvalue weighted by Gasteiger charge is -2.37. The average Bonchev–Trinajstić information content (AvgIpc) is 2.93. The van der Waals surface area contributed by atoms with E-state index in [0.717, 1.165) is 45.0 Å². The standard InChI is InChI=1S/C27H38F3N7O4S/c1-36-13-11-17(12-14-36)32-25(38)19-10-9-18(15-23(19)41-3)33-26-31-16-20(27(28,29)30)24(35-26)34-21-7-5-6-8-22(21)37(2)42(4,39)40/h9-10,15-17,21-22H,5-8,11-14H2,1-4H3,(H,32,38)(H2,31,33,34,35)/t21-,22-/m1/s1. The summed E-state index contributed by atoms with van der Waals surface area (Å²) in [6.45, 7) is 1.79. The summed E-state index contributed by atoms with van der Waals surface area (Å²) in [5.74, 6) is -0.546. The molecule has 4 rings (SSSR count). The van der Waals surface area contributed by atoms with Gasteiger partial charge in [-0.2, -0.15) is 18.2 Å². The minimum Gasteiger partial charge on any atom is -0.496 e. The number of amides is 1. The fourth-order valence-corrected chi connectivity index (χ4v) is 6.14. The zero-order valence-corrected chi connectivity index (χ0v) is 25.0. The van der Waals surface area contributed by atoms with E-state index in [1.54, 1.807) is 18.2 Å². The zero-order valence-electron chi connectivity index (χ0n) is 24.2. The van der Waals surface area contributed by atoms with Crippen LogP contribution >= 0.6 is 0 Å². The molecule has 1 amide bonds. The number of methoxy groups -OCH3 is 1. The van der Waals surface area contributed by atoms with Gasteiger partial charge in [0, 0.05) is 43.1 Å². The van der Waals surface area contributed by atoms with Crippen molar-refractivity contribution in [3.63, 3.8) is 0 Å². The summed E-state index contributed by atoms with van der Waals surface area (Å²) in [4.78, 5) is 23.2. The molecule has 1 aromatic carbocycles. The summed E-state index contributed by atoms with van der Waals surface area (Å²) in [6, 6.07) is 3.67. The molecule has 11 nitrogen and oxygen atoms in total. The Morgan fingerprint density at radius 2 is 1.83 bits per heavy atom. The van der Waals surface area contributed by atoms with Crippen molar-refractivity contribution in [2.24, 2.45) is 0 Å². The SMILES string of the molecule is COc1cc(Nc2ncc(C(F)(F)F)c(N[C@@H]3CCCC[C@H]3N(C)S(C)(=O)=O)n2)ccc1C(=O)NC1CCN(C)CC1. The van der Waals surface area contributed by atoms with Crippen LogP contribution in [0.1, 0.15) is 54.4 Å². The van der Waals surface area contributed by atoms with Crippen molar-refractivity contribution in [1.29, 1.82) is 0 Å². The van der Waals surface area contributed by atoms with Gasteiger partial charge in [0.25, 0.3) is 5.91 Å². The molecule has 2 aromatic rings. The molecular formula is C27H38F3N7O4S. The Balaban J connectivity index is 1.55. The number of nitrogens with one attached hydrogen (secondary N) is 3. The van der Waals surface area contributed by atoms with Crippen molar-refractivity contribution in [2.45, 2.75) is 62.8 Å². The van der Waals surface area contributed by atoms with Gasteiger partial charge < -0.3 is 25.6 Å². The Morgan fingerprint density at radius 1 is 1.14 bits per heavy atom. The molecule has 2 atom stereocenters. The first kappa shape index (κ1) is 31.8. The second kappa shape index (κ2) is 13.0. The summed E-state index contributed by atoms with van der Waals surface area (Å²) in [7, 11) is 1.34. The lowest BCUT2D eigenvalue weighted by molar-refractivity contribution is -0.137. The normalized spacial score (nSPS) is 20.8. The topological polar surface area (TPSA) is 129 Å². The van der Waals surface area contributed by atoms with Crippen molar-refractivity contribution >= 4 is 33.4 Å². The third kappa shape index (κ3) is 7.81. The van der Waals surface area contributed by atoms with Crippen LogP contribution in [0, 0.1) is 0 Å². The molecule has 1 saturated carbocycles. The van der Waals surface area contributed by atoms with Crippen LogP contribution in [0.2, 0.25) is 0 Å². The maximum Gasteiger partial charge on any atom is 0.421 e. The number of nitrogens with zero attached hydrogens (tertiary/aromatic N) is 4. The van der Waals surface area contributed by atoms with Crippen molar-refractivity contribution in [3.05, 3.63) is 35.5 Å². The summed E-state index contributed by atoms with van der Waals surface area (Å²) in [5, 5.41) is 8.81. The van der Waals surface area contributed by atoms with Crippen molar-refractivity contribution < 1.29 is 31.1 Å². The second-order valence-corrected chi connectivity index (χ2v) is 13.0. The van der Waals surface area contributed by atoms with Gasteiger partial charge >= 0.3 is 6.18 Å². The molecule has 0 bridgehead atoms. The van der Waals surface area contributed by atoms with E-state index in [9.17, 15) is 26.4 Å². The molecule has 1 aliphatic carbocycles. The number of alkyl halides is 3. The molecule has 1 aromatic heterocycles. The average molecular weight is 614 g/mol. The fraction of sp³-hybridized carbons (Fsp3) is 0.593. The van der Waals surface area contributed by atoms with Crippen LogP contribution in [0.4, 0.5) is 30.6 Å². The molecule has 3 N–H and O–H groups in total. The van der Waals surface area contributed by atoms with E-state index in [0.29, 0.717) is 30.3 Å². The van der Waals surface area contributed by atoms with Crippen LogP contribution in [0.5, 0.6) is 5.75 Å². The monoisotopic (exact) mass is 613 g/mol. The van der Waals surface area contributed by atoms with E-state index in [-0.39, 0.29) is 23.6 Å². The Labute approximate surface area is 244 Å². The molecule has 42 heavy (non-hydrogen) atoms. The van der Waals surface area contributed by atoms with Crippen LogP contribution in [-0.4, -0.2) is 92.2 Å². The van der Waals surface area contributed by atoms with Crippen LogP contribution in [0.15, 0.2) is 24.4 Å². The van der Waals surface area contributed by atoms with Crippen molar-refractivity contribution in [3.8, 4) is 5.75 Å². The number of rotatable bonds is 9. The minimum atomic E-state index is -4.74. The predicted molar refractivity (Wildman–Crippen MR) is 154 cm³/mol. The molecule has 15 heteroatoms. The maximum atomic E-state index is 13.9. The van der Waals surface area contributed by atoms with Crippen LogP contribution in [0.25, 0.3) is 0 Å². The fourth-order valence-electron chi connectivity index (χ4n) is 5.40. The maximum absolute atomic E-state index is 13.9. The van der Waals surface area contributed by atoms with E-state index in [2.05, 4.69) is 30.8 Å². The number of likely N-dealkylation sites (tertiary alicyclic amines) is 1. The van der Waals surface area contributed by atoms with Gasteiger partial charge in [0.2, 0.25) is 16.0 Å². The lowest BCUT2D eigenvalue weighted by atomic mass is 9.90. The number of hydrogen-bond acceptors (Lipinski definition) is 9. The number of benzene rings is 1. The molecule has 0 radical (unpaired) electrons. The Morgan fingerprint density at radius 3 is 2.48 bits per heavy atom. The van der Waals surface area contributed by atoms with Gasteiger partial charge in [0.15, 0.2) is 0 Å². The number of carbonyl (C=O) groups excluding carboxylic acids is 1. The third-order valence-corrected chi connectivity index (χ3v) is 9.21. The summed E-state index contributed by atoms with van der Waals surface area (Å²) < 4.78 is 72.7. The van der Waals surface area contributed by atoms with E-state index in [1.165, 1.54) is 18.5 Å². The first-order chi connectivity index (χ1) is 19.8. The van der Waals surface area contributed by atoms with Crippen LogP contribution < -0.4 is 20.7 Å². The quantitative estimate of drug-likeness (QED) is 0.388. The molecule has 2 heterocycles. The molecule has 2 aliphatic rings. The van der Waals surface area contributed by atoms with E-state index >= 15 is 0 Å². The molecular weight excluding hydrogens is 575 g/mol. The molecule has 0 spiro atoms. The highest BCUT2D eigenvalue weighted by molar-refractivity contribution is 7.88. The number of piperidine rings is 1. The van der Waals surface area contributed by atoms with Gasteiger partial charge in [-0.1, -0.05) is 12.8 Å². The highest BCUT2D eigenvalue weighted by Crippen LogP contribution is 2.36. The van der Waals surface area contributed by atoms with E-state index in [4.69, 9.17) is 4.74 Å². The third-order valence-electron chi connectivity index (χ3n) is 7.89. The Kier molecular flexibility index (Phi) is 9.83. The number of anilines is 3. The van der Waals surface area contributed by atoms with Crippen molar-refractivity contribution in [2.75, 3.05) is 51.2 Å². The Bertz CT molecular complexity index is 1370. The van der Waals surface area contributed by atoms with Crippen LogP contribution in [0.3, 0.4) is 0 Å². The molecule has 232 valence electrons. The van der Waals surface area contributed by atoms with Gasteiger partial charge in [0.05, 0.1) is 18.9 Å². The van der Waals surface area contributed by atoms with Crippen LogP contribution in [-0.2, 0) is 16.2 Å². The van der Waals surface area contributed by atoms with Gasteiger partial charge in [-0.15, -0.1) is 0 Å². The van der Waals surface area contributed by atoms with Gasteiger partial charge in [-0.05, 0) is 58.0 Å². The van der Waals surface area contributed by atoms with Crippen molar-refractivity contribution in [1.82, 2.24) is 24.5 Å². The summed E-state index contributed by atoms with van der Waals surface area (Å²) >= 11 is 0. The number of carbonyl (C=O) groups is 1. The Hall–Kier alpha value is -3.17. The number of aromatic nitrogens is 2. The number of halogens is 3. The number of sulfonamides is 1. The highest BCUT2D eigenvalue weighted by atomic mass is 32.2. The lowest BCUT2D eigenvalue weighted by Crippen LogP contribution is -2.49. The number of ether oxygens (including phenoxy) is 1. The predicted octanol–water partition coefficient (Wildman–Crippen LogP) is 3.69. The molecule has 0 unspecified atom stereocenters. The summed E-state index contributed by atoms with van der Waals surface area (Å²) in [6.07, 6.45) is 1.21. The van der Waals surface area contributed by atoms with E-state index in [1.807, 2.05) is 7.05 Å². The number of likely N-dealkylation sites (N-methyl/N-ethyl adjacent to an activating group) is 1. The smallest absolute Gasteiger partial charge is 0.421 e. The summed E-state index contributed by atoms with van der Waals surface area (Å²) in [5.41, 5.74) is -0.324. The molecule has 1 aliphatic heterocycles. The zero-order chi connectivity index (χ0) is 30.7.